The largest absolute Gasteiger partial charge is 0.336 e. The molecular weight excluding hydrogens is 176 g/mol. The van der Waals surface area contributed by atoms with Crippen LogP contribution >= 0.6 is 0 Å². The third kappa shape index (κ3) is 1.69. The summed E-state index contributed by atoms with van der Waals surface area (Å²) in [5.74, 6) is 0. The lowest BCUT2D eigenvalue weighted by atomic mass is 10.2. The van der Waals surface area contributed by atoms with Gasteiger partial charge in [-0.3, -0.25) is 4.79 Å². The maximum absolute atomic E-state index is 10.7. The van der Waals surface area contributed by atoms with Gasteiger partial charge >= 0.3 is 0 Å². The van der Waals surface area contributed by atoms with Crippen molar-refractivity contribution in [3.05, 3.63) is 23.0 Å². The Balaban J connectivity index is 3.27. The molecule has 0 aliphatic heterocycles. The van der Waals surface area contributed by atoms with Crippen LogP contribution in [0.3, 0.4) is 0 Å². The van der Waals surface area contributed by atoms with E-state index in [1.165, 1.54) is 0 Å². The molecule has 0 radical (unpaired) electrons. The zero-order valence-electron chi connectivity index (χ0n) is 8.58. The van der Waals surface area contributed by atoms with Crippen molar-refractivity contribution in [1.82, 2.24) is 4.57 Å². The van der Waals surface area contributed by atoms with E-state index in [4.69, 9.17) is 5.26 Å². The summed E-state index contributed by atoms with van der Waals surface area (Å²) >= 11 is 0. The summed E-state index contributed by atoms with van der Waals surface area (Å²) in [6.45, 7) is 4.86. The van der Waals surface area contributed by atoms with Crippen LogP contribution in [-0.2, 0) is 13.0 Å². The van der Waals surface area contributed by atoms with Crippen molar-refractivity contribution in [3.63, 3.8) is 0 Å². The number of hydrogen-bond donors (Lipinski definition) is 0. The second-order valence-electron chi connectivity index (χ2n) is 3.17. The molecule has 0 bridgehead atoms. The van der Waals surface area contributed by atoms with Gasteiger partial charge in [0.05, 0.1) is 0 Å². The van der Waals surface area contributed by atoms with Crippen LogP contribution in [0.25, 0.3) is 0 Å². The van der Waals surface area contributed by atoms with Gasteiger partial charge in [0.15, 0.2) is 6.29 Å². The number of carbonyl (C=O) groups is 1. The molecule has 3 nitrogen and oxygen atoms in total. The quantitative estimate of drug-likeness (QED) is 0.683. The molecule has 0 N–H and O–H groups in total. The second-order valence-corrected chi connectivity index (χ2v) is 3.17. The molecule has 0 aromatic carbocycles. The molecule has 0 unspecified atom stereocenters. The minimum atomic E-state index is 0.589. The average Bonchev–Trinajstić information content (AvgIpc) is 2.56. The fourth-order valence-electron chi connectivity index (χ4n) is 1.68. The van der Waals surface area contributed by atoms with Crippen LogP contribution in [0.5, 0.6) is 0 Å². The third-order valence-corrected chi connectivity index (χ3v) is 2.27. The number of nitrogens with zero attached hydrogens (tertiary/aromatic N) is 2. The predicted octanol–water partition coefficient (Wildman–Crippen LogP) is 2.14. The molecule has 1 heterocycles. The number of carbonyl (C=O) groups excluding carboxylic acids is 1. The molecule has 0 aliphatic carbocycles. The molecule has 74 valence electrons. The summed E-state index contributed by atoms with van der Waals surface area (Å²) in [5, 5.41) is 8.89. The first kappa shape index (κ1) is 10.5. The summed E-state index contributed by atoms with van der Waals surface area (Å²) in [4.78, 5) is 10.7. The van der Waals surface area contributed by atoms with Gasteiger partial charge < -0.3 is 4.57 Å². The Labute approximate surface area is 84.0 Å². The van der Waals surface area contributed by atoms with Crippen molar-refractivity contribution in [2.45, 2.75) is 33.2 Å². The van der Waals surface area contributed by atoms with Crippen LogP contribution < -0.4 is 0 Å². The van der Waals surface area contributed by atoms with Crippen molar-refractivity contribution in [1.29, 1.82) is 5.26 Å². The molecule has 0 spiro atoms. The van der Waals surface area contributed by atoms with E-state index in [0.29, 0.717) is 11.3 Å². The number of hydrogen-bond acceptors (Lipinski definition) is 2. The van der Waals surface area contributed by atoms with Crippen LogP contribution in [0.2, 0.25) is 0 Å². The molecule has 14 heavy (non-hydrogen) atoms. The fourth-order valence-corrected chi connectivity index (χ4v) is 1.68. The van der Waals surface area contributed by atoms with Gasteiger partial charge in [-0.15, -0.1) is 0 Å². The lowest BCUT2D eigenvalue weighted by Crippen LogP contribution is -2.04. The molecule has 0 amide bonds. The molecule has 0 saturated carbocycles. The first-order valence-electron chi connectivity index (χ1n) is 4.86. The summed E-state index contributed by atoms with van der Waals surface area (Å²) in [5.41, 5.74) is 2.21. The van der Waals surface area contributed by atoms with Gasteiger partial charge in [-0.1, -0.05) is 13.8 Å². The zero-order chi connectivity index (χ0) is 10.6. The van der Waals surface area contributed by atoms with Crippen molar-refractivity contribution in [2.24, 2.45) is 0 Å². The minimum absolute atomic E-state index is 0.589. The molecule has 0 atom stereocenters. The summed E-state index contributed by atoms with van der Waals surface area (Å²) in [6.07, 6.45) is 2.58. The SMILES string of the molecule is CCCn1c(C#N)cc(C=O)c1CC. The van der Waals surface area contributed by atoms with E-state index in [0.717, 1.165) is 31.4 Å². The van der Waals surface area contributed by atoms with Gasteiger partial charge in [-0.05, 0) is 18.9 Å². The van der Waals surface area contributed by atoms with Gasteiger partial charge in [0.1, 0.15) is 11.8 Å². The lowest BCUT2D eigenvalue weighted by molar-refractivity contribution is 0.112. The van der Waals surface area contributed by atoms with E-state index < -0.39 is 0 Å². The maximum atomic E-state index is 10.7. The van der Waals surface area contributed by atoms with Crippen LogP contribution in [0.1, 0.15) is 42.0 Å². The Hall–Kier alpha value is -1.56. The molecule has 1 rings (SSSR count). The topological polar surface area (TPSA) is 45.8 Å². The van der Waals surface area contributed by atoms with Gasteiger partial charge in [-0.25, -0.2) is 0 Å². The van der Waals surface area contributed by atoms with Crippen LogP contribution in [0.15, 0.2) is 6.07 Å². The summed E-state index contributed by atoms with van der Waals surface area (Å²) < 4.78 is 1.93. The molecular formula is C11H14N2O. The van der Waals surface area contributed by atoms with Crippen molar-refractivity contribution in [3.8, 4) is 6.07 Å². The van der Waals surface area contributed by atoms with Crippen LogP contribution in [0, 0.1) is 11.3 Å². The number of rotatable bonds is 4. The normalized spacial score (nSPS) is 9.79. The standard InChI is InChI=1S/C11H14N2O/c1-3-5-13-10(7-12)6-9(8-14)11(13)4-2/h6,8H,3-5H2,1-2H3. The first-order valence-corrected chi connectivity index (χ1v) is 4.86. The molecule has 0 saturated heterocycles. The molecule has 1 aromatic heterocycles. The van der Waals surface area contributed by atoms with Crippen molar-refractivity contribution < 1.29 is 4.79 Å². The van der Waals surface area contributed by atoms with Crippen LogP contribution in [-0.4, -0.2) is 10.9 Å². The predicted molar refractivity (Wildman–Crippen MR) is 54.2 cm³/mol. The molecule has 1 aromatic rings. The first-order chi connectivity index (χ1) is 6.78. The number of nitriles is 1. The molecule has 0 aliphatic rings. The van der Waals surface area contributed by atoms with Gasteiger partial charge in [0.2, 0.25) is 0 Å². The van der Waals surface area contributed by atoms with Crippen molar-refractivity contribution in [2.75, 3.05) is 0 Å². The van der Waals surface area contributed by atoms with Gasteiger partial charge in [-0.2, -0.15) is 5.26 Å². The average molecular weight is 190 g/mol. The highest BCUT2D eigenvalue weighted by molar-refractivity contribution is 5.77. The highest BCUT2D eigenvalue weighted by Crippen LogP contribution is 2.15. The highest BCUT2D eigenvalue weighted by Gasteiger charge is 2.11. The van der Waals surface area contributed by atoms with Gasteiger partial charge in [0.25, 0.3) is 0 Å². The summed E-state index contributed by atoms with van der Waals surface area (Å²) in [7, 11) is 0. The van der Waals surface area contributed by atoms with E-state index in [2.05, 4.69) is 13.0 Å². The number of aromatic nitrogens is 1. The Morgan fingerprint density at radius 1 is 1.57 bits per heavy atom. The maximum Gasteiger partial charge on any atom is 0.151 e. The van der Waals surface area contributed by atoms with E-state index in [9.17, 15) is 4.79 Å². The molecule has 0 fully saturated rings. The Kier molecular flexibility index (Phi) is 3.47. The van der Waals surface area contributed by atoms with E-state index in [1.54, 1.807) is 6.07 Å². The Morgan fingerprint density at radius 3 is 2.71 bits per heavy atom. The smallest absolute Gasteiger partial charge is 0.151 e. The second kappa shape index (κ2) is 4.61. The third-order valence-electron chi connectivity index (χ3n) is 2.27. The molecule has 3 heteroatoms. The monoisotopic (exact) mass is 190 g/mol. The highest BCUT2D eigenvalue weighted by atomic mass is 16.1. The Bertz CT molecular complexity index is 371. The van der Waals surface area contributed by atoms with Gasteiger partial charge in [0, 0.05) is 17.8 Å². The Morgan fingerprint density at radius 2 is 2.29 bits per heavy atom. The fraction of sp³-hybridized carbons (Fsp3) is 0.455. The minimum Gasteiger partial charge on any atom is -0.336 e. The zero-order valence-corrected chi connectivity index (χ0v) is 8.58. The van der Waals surface area contributed by atoms with Crippen LogP contribution in [0.4, 0.5) is 0 Å². The van der Waals surface area contributed by atoms with Crippen molar-refractivity contribution >= 4 is 6.29 Å². The van der Waals surface area contributed by atoms with E-state index in [-0.39, 0.29) is 0 Å². The number of aldehydes is 1. The van der Waals surface area contributed by atoms with E-state index in [1.807, 2.05) is 11.5 Å². The van der Waals surface area contributed by atoms with E-state index >= 15 is 0 Å². The lowest BCUT2D eigenvalue weighted by Gasteiger charge is -2.07. The summed E-state index contributed by atoms with van der Waals surface area (Å²) in [6, 6.07) is 3.78.